The molecule has 0 bridgehead atoms. The van der Waals surface area contributed by atoms with Crippen LogP contribution >= 0.6 is 23.2 Å². The Kier molecular flexibility index (Phi) is 7.35. The third-order valence-electron chi connectivity index (χ3n) is 6.35. The number of benzene rings is 3. The first kappa shape index (κ1) is 25.5. The smallest absolute Gasteiger partial charge is 0.264 e. The average Bonchev–Trinajstić information content (AvgIpc) is 2.91. The van der Waals surface area contributed by atoms with Crippen LogP contribution in [0.25, 0.3) is 10.9 Å². The SMILES string of the molecule is O=C(c1ccc(NS(=O)(=O)c2cccc3cccnc23)cc1)N1CCN(Cc2cccc(Cl)c2Cl)CC1. The van der Waals surface area contributed by atoms with Crippen molar-refractivity contribution < 1.29 is 13.2 Å². The summed E-state index contributed by atoms with van der Waals surface area (Å²) in [5.74, 6) is -0.0897. The molecule has 0 spiro atoms. The number of piperazine rings is 1. The van der Waals surface area contributed by atoms with Crippen LogP contribution in [0, 0.1) is 0 Å². The number of carbonyl (C=O) groups is 1. The molecule has 1 fully saturated rings. The zero-order chi connectivity index (χ0) is 26.0. The number of fused-ring (bicyclic) bond motifs is 1. The van der Waals surface area contributed by atoms with Gasteiger partial charge in [-0.2, -0.15) is 0 Å². The van der Waals surface area contributed by atoms with Crippen molar-refractivity contribution in [3.63, 3.8) is 0 Å². The maximum atomic E-state index is 13.0. The molecule has 7 nitrogen and oxygen atoms in total. The van der Waals surface area contributed by atoms with Gasteiger partial charge in [0.25, 0.3) is 15.9 Å². The Morgan fingerprint density at radius 1 is 0.892 bits per heavy atom. The van der Waals surface area contributed by atoms with Gasteiger partial charge in [-0.15, -0.1) is 0 Å². The number of nitrogens with one attached hydrogen (secondary N) is 1. The van der Waals surface area contributed by atoms with E-state index >= 15 is 0 Å². The molecular formula is C27H24Cl2N4O3S. The number of halogens is 2. The van der Waals surface area contributed by atoms with Crippen molar-refractivity contribution >= 4 is 55.7 Å². The Hall–Kier alpha value is -3.17. The number of nitrogens with zero attached hydrogens (tertiary/aromatic N) is 3. The predicted octanol–water partition coefficient (Wildman–Crippen LogP) is 5.30. The Labute approximate surface area is 225 Å². The van der Waals surface area contributed by atoms with Crippen molar-refractivity contribution in [2.75, 3.05) is 30.9 Å². The van der Waals surface area contributed by atoms with E-state index in [0.29, 0.717) is 59.5 Å². The third-order valence-corrected chi connectivity index (χ3v) is 8.63. The summed E-state index contributed by atoms with van der Waals surface area (Å²) >= 11 is 12.4. The molecule has 3 aromatic carbocycles. The maximum absolute atomic E-state index is 13.0. The van der Waals surface area contributed by atoms with Gasteiger partial charge >= 0.3 is 0 Å². The summed E-state index contributed by atoms with van der Waals surface area (Å²) < 4.78 is 28.7. The van der Waals surface area contributed by atoms with E-state index in [1.54, 1.807) is 53.6 Å². The first-order valence-corrected chi connectivity index (χ1v) is 14.0. The van der Waals surface area contributed by atoms with Gasteiger partial charge < -0.3 is 4.90 Å². The van der Waals surface area contributed by atoms with Crippen molar-refractivity contribution in [1.29, 1.82) is 0 Å². The molecule has 0 unspecified atom stereocenters. The second kappa shape index (κ2) is 10.7. The minimum Gasteiger partial charge on any atom is -0.336 e. The molecule has 10 heteroatoms. The van der Waals surface area contributed by atoms with Gasteiger partial charge in [0.2, 0.25) is 0 Å². The first-order valence-electron chi connectivity index (χ1n) is 11.7. The van der Waals surface area contributed by atoms with E-state index < -0.39 is 10.0 Å². The quantitative estimate of drug-likeness (QED) is 0.349. The van der Waals surface area contributed by atoms with E-state index in [9.17, 15) is 13.2 Å². The highest BCUT2D eigenvalue weighted by atomic mass is 35.5. The second-order valence-electron chi connectivity index (χ2n) is 8.80. The molecule has 1 amide bonds. The molecule has 2 heterocycles. The highest BCUT2D eigenvalue weighted by Crippen LogP contribution is 2.27. The molecule has 1 saturated heterocycles. The molecule has 1 aliphatic rings. The Morgan fingerprint density at radius 3 is 2.35 bits per heavy atom. The van der Waals surface area contributed by atoms with Crippen LogP contribution in [0.2, 0.25) is 10.0 Å². The number of hydrogen-bond acceptors (Lipinski definition) is 5. The molecule has 5 rings (SSSR count). The van der Waals surface area contributed by atoms with Crippen LogP contribution in [0.15, 0.2) is 83.9 Å². The zero-order valence-corrected chi connectivity index (χ0v) is 22.1. The summed E-state index contributed by atoms with van der Waals surface area (Å²) in [7, 11) is -3.86. The van der Waals surface area contributed by atoms with Gasteiger partial charge in [-0.25, -0.2) is 8.42 Å². The van der Waals surface area contributed by atoms with E-state index in [1.165, 1.54) is 6.07 Å². The number of amides is 1. The topological polar surface area (TPSA) is 82.6 Å². The van der Waals surface area contributed by atoms with Gasteiger partial charge in [0.05, 0.1) is 15.6 Å². The van der Waals surface area contributed by atoms with Crippen molar-refractivity contribution in [1.82, 2.24) is 14.8 Å². The highest BCUT2D eigenvalue weighted by Gasteiger charge is 2.23. The summed E-state index contributed by atoms with van der Waals surface area (Å²) in [5, 5.41) is 1.84. The standard InChI is InChI=1S/C27H24Cl2N4O3S/c28-23-7-1-5-21(25(23)29)18-32-14-16-33(17-15-32)27(34)20-9-11-22(12-10-20)31-37(35,36)24-8-2-4-19-6-3-13-30-26(19)24/h1-13,31H,14-18H2. The fraction of sp³-hybridized carbons (Fsp3) is 0.185. The molecule has 0 aliphatic carbocycles. The lowest BCUT2D eigenvalue weighted by atomic mass is 10.1. The van der Waals surface area contributed by atoms with Crippen LogP contribution in [0.5, 0.6) is 0 Å². The normalized spacial score (nSPS) is 14.6. The van der Waals surface area contributed by atoms with Crippen molar-refractivity contribution in [3.8, 4) is 0 Å². The number of rotatable bonds is 6. The highest BCUT2D eigenvalue weighted by molar-refractivity contribution is 7.93. The number of sulfonamides is 1. The van der Waals surface area contributed by atoms with Gasteiger partial charge in [-0.05, 0) is 48.0 Å². The van der Waals surface area contributed by atoms with Gasteiger partial charge in [0, 0.05) is 55.6 Å². The van der Waals surface area contributed by atoms with E-state index in [4.69, 9.17) is 23.2 Å². The van der Waals surface area contributed by atoms with Crippen LogP contribution in [0.4, 0.5) is 5.69 Å². The molecular weight excluding hydrogens is 531 g/mol. The molecule has 0 radical (unpaired) electrons. The zero-order valence-electron chi connectivity index (χ0n) is 19.8. The van der Waals surface area contributed by atoms with E-state index in [1.807, 2.05) is 24.3 Å². The Morgan fingerprint density at radius 2 is 1.59 bits per heavy atom. The van der Waals surface area contributed by atoms with E-state index in [2.05, 4.69) is 14.6 Å². The number of carbonyl (C=O) groups excluding carboxylic acids is 1. The minimum atomic E-state index is -3.86. The lowest BCUT2D eigenvalue weighted by Gasteiger charge is -2.35. The summed E-state index contributed by atoms with van der Waals surface area (Å²) in [6.07, 6.45) is 1.56. The number of hydrogen-bond donors (Lipinski definition) is 1. The summed E-state index contributed by atoms with van der Waals surface area (Å²) in [5.41, 5.74) is 2.24. The lowest BCUT2D eigenvalue weighted by Crippen LogP contribution is -2.48. The molecule has 190 valence electrons. The van der Waals surface area contributed by atoms with Crippen LogP contribution in [0.3, 0.4) is 0 Å². The van der Waals surface area contributed by atoms with Crippen LogP contribution in [0.1, 0.15) is 15.9 Å². The van der Waals surface area contributed by atoms with Crippen LogP contribution < -0.4 is 4.72 Å². The predicted molar refractivity (Wildman–Crippen MR) is 147 cm³/mol. The molecule has 1 aromatic heterocycles. The average molecular weight is 555 g/mol. The van der Waals surface area contributed by atoms with Gasteiger partial charge in [0.15, 0.2) is 0 Å². The number of aromatic nitrogens is 1. The number of pyridine rings is 1. The minimum absolute atomic E-state index is 0.0897. The summed E-state index contributed by atoms with van der Waals surface area (Å²) in [6, 6.07) is 20.7. The fourth-order valence-corrected chi connectivity index (χ4v) is 6.01. The monoisotopic (exact) mass is 554 g/mol. The molecule has 0 atom stereocenters. The molecule has 0 saturated carbocycles. The Bertz CT molecular complexity index is 1550. The number of anilines is 1. The van der Waals surface area contributed by atoms with Gasteiger partial charge in [-0.3, -0.25) is 19.4 Å². The fourth-order valence-electron chi connectivity index (χ4n) is 4.39. The number of para-hydroxylation sites is 1. The maximum Gasteiger partial charge on any atom is 0.264 e. The van der Waals surface area contributed by atoms with Gasteiger partial charge in [-0.1, -0.05) is 53.5 Å². The molecule has 4 aromatic rings. The van der Waals surface area contributed by atoms with Gasteiger partial charge in [0.1, 0.15) is 4.90 Å². The summed E-state index contributed by atoms with van der Waals surface area (Å²) in [4.78, 5) is 21.4. The first-order chi connectivity index (χ1) is 17.8. The molecule has 37 heavy (non-hydrogen) atoms. The molecule has 1 aliphatic heterocycles. The summed E-state index contributed by atoms with van der Waals surface area (Å²) in [6.45, 7) is 3.26. The van der Waals surface area contributed by atoms with E-state index in [0.717, 1.165) is 10.9 Å². The van der Waals surface area contributed by atoms with Crippen molar-refractivity contribution in [2.24, 2.45) is 0 Å². The second-order valence-corrected chi connectivity index (χ2v) is 11.2. The van der Waals surface area contributed by atoms with Crippen LogP contribution in [-0.2, 0) is 16.6 Å². The molecule has 1 N–H and O–H groups in total. The lowest BCUT2D eigenvalue weighted by molar-refractivity contribution is 0.0628. The van der Waals surface area contributed by atoms with Crippen molar-refractivity contribution in [3.05, 3.63) is 100 Å². The third kappa shape index (κ3) is 5.57. The Balaban J connectivity index is 1.22. The van der Waals surface area contributed by atoms with Crippen LogP contribution in [-0.4, -0.2) is 55.3 Å². The van der Waals surface area contributed by atoms with E-state index in [-0.39, 0.29) is 10.8 Å². The largest absolute Gasteiger partial charge is 0.336 e. The van der Waals surface area contributed by atoms with Crippen molar-refractivity contribution in [2.45, 2.75) is 11.4 Å².